The van der Waals surface area contributed by atoms with Crippen molar-refractivity contribution in [3.8, 4) is 0 Å². The Hall–Kier alpha value is -4.07. The third kappa shape index (κ3) is 4.07. The van der Waals surface area contributed by atoms with E-state index in [-0.39, 0.29) is 12.1 Å². The van der Waals surface area contributed by atoms with Crippen molar-refractivity contribution < 1.29 is 4.79 Å². The van der Waals surface area contributed by atoms with Crippen LogP contribution in [0.25, 0.3) is 16.7 Å². The molecule has 0 spiro atoms. The molecule has 1 aromatic carbocycles. The van der Waals surface area contributed by atoms with E-state index in [0.717, 1.165) is 42.0 Å². The van der Waals surface area contributed by atoms with E-state index in [9.17, 15) is 4.79 Å². The molecule has 0 aliphatic carbocycles. The maximum absolute atomic E-state index is 13.4. The van der Waals surface area contributed by atoms with E-state index in [2.05, 4.69) is 31.4 Å². The number of anilines is 1. The molecule has 4 heterocycles. The number of hydrogen-bond donors (Lipinski definition) is 1. The number of carbonyl (C=O) groups is 1. The molecule has 2 aliphatic rings. The second-order valence-electron chi connectivity index (χ2n) is 7.83. The molecule has 2 amide bonds. The van der Waals surface area contributed by atoms with Crippen molar-refractivity contribution in [3.05, 3.63) is 78.5 Å². The lowest BCUT2D eigenvalue weighted by molar-refractivity contribution is 0.223. The first-order valence-corrected chi connectivity index (χ1v) is 10.6. The van der Waals surface area contributed by atoms with Gasteiger partial charge in [-0.3, -0.25) is 19.9 Å². The molecule has 3 aromatic rings. The molecule has 1 saturated heterocycles. The van der Waals surface area contributed by atoms with Crippen LogP contribution in [0.1, 0.15) is 17.7 Å². The quantitative estimate of drug-likeness (QED) is 0.674. The molecule has 160 valence electrons. The zero-order valence-corrected chi connectivity index (χ0v) is 17.7. The zero-order valence-electron chi connectivity index (χ0n) is 17.7. The number of aliphatic imine (C=N–C) groups is 1. The molecule has 8 nitrogen and oxygen atoms in total. The first kappa shape index (κ1) is 19.9. The lowest BCUT2D eigenvalue weighted by atomic mass is 10.1. The highest BCUT2D eigenvalue weighted by Crippen LogP contribution is 2.23. The van der Waals surface area contributed by atoms with Gasteiger partial charge in [0, 0.05) is 42.9 Å². The number of allylic oxidation sites excluding steroid dienone is 2. The van der Waals surface area contributed by atoms with Crippen LogP contribution in [0, 0.1) is 6.92 Å². The maximum Gasteiger partial charge on any atom is 0.327 e. The van der Waals surface area contributed by atoms with Crippen LogP contribution in [0.3, 0.4) is 0 Å². The minimum absolute atomic E-state index is 0.0167. The van der Waals surface area contributed by atoms with E-state index in [1.165, 1.54) is 0 Å². The van der Waals surface area contributed by atoms with Crippen LogP contribution in [0.4, 0.5) is 10.5 Å². The van der Waals surface area contributed by atoms with Gasteiger partial charge >= 0.3 is 6.03 Å². The van der Waals surface area contributed by atoms with Gasteiger partial charge in [0.25, 0.3) is 0 Å². The van der Waals surface area contributed by atoms with Gasteiger partial charge in [-0.1, -0.05) is 6.07 Å². The molecular formula is C24H23N7O. The highest BCUT2D eigenvalue weighted by Gasteiger charge is 2.29. The second-order valence-corrected chi connectivity index (χ2v) is 7.83. The van der Waals surface area contributed by atoms with E-state index < -0.39 is 0 Å². The Bertz CT molecular complexity index is 1240. The van der Waals surface area contributed by atoms with E-state index >= 15 is 0 Å². The van der Waals surface area contributed by atoms with Gasteiger partial charge in [0.1, 0.15) is 5.52 Å². The Balaban J connectivity index is 1.47. The van der Waals surface area contributed by atoms with Crippen molar-refractivity contribution in [2.75, 3.05) is 18.4 Å². The van der Waals surface area contributed by atoms with Gasteiger partial charge in [-0.15, -0.1) is 0 Å². The van der Waals surface area contributed by atoms with Crippen molar-refractivity contribution in [3.63, 3.8) is 0 Å². The van der Waals surface area contributed by atoms with Crippen molar-refractivity contribution >= 4 is 34.8 Å². The van der Waals surface area contributed by atoms with E-state index in [1.54, 1.807) is 29.8 Å². The van der Waals surface area contributed by atoms with Gasteiger partial charge in [0.15, 0.2) is 0 Å². The van der Waals surface area contributed by atoms with Gasteiger partial charge < -0.3 is 10.2 Å². The van der Waals surface area contributed by atoms with Crippen LogP contribution in [0.15, 0.2) is 72.3 Å². The molecule has 2 bridgehead atoms. The SMILES string of the molecule is Cc1cc(C2=CC=CN3CC[C@@H](C3)N(C(=O)Nc3cccc4nccnc34)C=N2)ccn1. The largest absolute Gasteiger partial charge is 0.375 e. The predicted octanol–water partition coefficient (Wildman–Crippen LogP) is 3.84. The molecule has 2 aromatic heterocycles. The summed E-state index contributed by atoms with van der Waals surface area (Å²) in [5.41, 5.74) is 4.64. The van der Waals surface area contributed by atoms with Crippen LogP contribution >= 0.6 is 0 Å². The summed E-state index contributed by atoms with van der Waals surface area (Å²) in [6.45, 7) is 3.58. The third-order valence-corrected chi connectivity index (χ3v) is 5.63. The Morgan fingerprint density at radius 2 is 2.03 bits per heavy atom. The molecule has 8 heteroatoms. The Labute approximate surface area is 186 Å². The number of benzene rings is 1. The molecule has 32 heavy (non-hydrogen) atoms. The van der Waals surface area contributed by atoms with Crippen molar-refractivity contribution in [1.82, 2.24) is 24.8 Å². The molecule has 2 aliphatic heterocycles. The summed E-state index contributed by atoms with van der Waals surface area (Å²) in [5, 5.41) is 3.01. The van der Waals surface area contributed by atoms with E-state index in [1.807, 2.05) is 49.4 Å². The maximum atomic E-state index is 13.4. The third-order valence-electron chi connectivity index (χ3n) is 5.63. The fourth-order valence-corrected chi connectivity index (χ4v) is 4.02. The smallest absolute Gasteiger partial charge is 0.327 e. The highest BCUT2D eigenvalue weighted by atomic mass is 16.2. The Morgan fingerprint density at radius 3 is 2.94 bits per heavy atom. The van der Waals surface area contributed by atoms with Crippen molar-refractivity contribution in [2.45, 2.75) is 19.4 Å². The molecule has 0 unspecified atom stereocenters. The monoisotopic (exact) mass is 425 g/mol. The predicted molar refractivity (Wildman–Crippen MR) is 125 cm³/mol. The first-order valence-electron chi connectivity index (χ1n) is 10.6. The number of fused-ring (bicyclic) bond motifs is 3. The number of pyridine rings is 1. The standard InChI is InChI=1S/C24H23N7O/c1-17-14-18(7-9-25-17)20-6-3-12-30-13-8-19(15-30)31(16-28-20)24(32)29-22-5-2-4-21-23(22)27-11-10-26-21/h2-7,9-12,14,16,19H,8,13,15H2,1H3,(H,29,32)/t19-/m0/s1. The van der Waals surface area contributed by atoms with Gasteiger partial charge in [0.05, 0.1) is 29.3 Å². The Kier molecular flexibility index (Phi) is 5.33. The van der Waals surface area contributed by atoms with Crippen molar-refractivity contribution in [1.29, 1.82) is 0 Å². The number of hydrogen-bond acceptors (Lipinski definition) is 6. The fraction of sp³-hybridized carbons (Fsp3) is 0.208. The second kappa shape index (κ2) is 8.58. The number of rotatable bonds is 2. The van der Waals surface area contributed by atoms with Gasteiger partial charge in [-0.25, -0.2) is 9.79 Å². The van der Waals surface area contributed by atoms with Crippen LogP contribution < -0.4 is 5.32 Å². The molecule has 1 atom stereocenters. The van der Waals surface area contributed by atoms with Crippen molar-refractivity contribution in [2.24, 2.45) is 4.99 Å². The summed E-state index contributed by atoms with van der Waals surface area (Å²) >= 11 is 0. The summed E-state index contributed by atoms with van der Waals surface area (Å²) in [7, 11) is 0. The summed E-state index contributed by atoms with van der Waals surface area (Å²) in [6, 6.07) is 9.25. The number of nitrogens with zero attached hydrogens (tertiary/aromatic N) is 6. The normalized spacial score (nSPS) is 18.0. The summed E-state index contributed by atoms with van der Waals surface area (Å²) in [5.74, 6) is 0. The highest BCUT2D eigenvalue weighted by molar-refractivity contribution is 6.02. The molecule has 0 saturated carbocycles. The minimum atomic E-state index is -0.242. The van der Waals surface area contributed by atoms with Crippen LogP contribution in [0.5, 0.6) is 0 Å². The summed E-state index contributed by atoms with van der Waals surface area (Å²) in [6.07, 6.45) is 13.6. The van der Waals surface area contributed by atoms with Gasteiger partial charge in [-0.05, 0) is 56.0 Å². The zero-order chi connectivity index (χ0) is 21.9. The molecule has 0 radical (unpaired) electrons. The number of aromatic nitrogens is 3. The molecule has 1 fully saturated rings. The first-order chi connectivity index (χ1) is 15.7. The summed E-state index contributed by atoms with van der Waals surface area (Å²) in [4.78, 5) is 35.0. The van der Waals surface area contributed by atoms with Gasteiger partial charge in [0.2, 0.25) is 0 Å². The average molecular weight is 425 g/mol. The van der Waals surface area contributed by atoms with Crippen LogP contribution in [-0.2, 0) is 0 Å². The number of para-hydroxylation sites is 1. The average Bonchev–Trinajstić information content (AvgIpc) is 3.26. The van der Waals surface area contributed by atoms with Crippen LogP contribution in [0.2, 0.25) is 0 Å². The number of nitrogens with one attached hydrogen (secondary N) is 1. The summed E-state index contributed by atoms with van der Waals surface area (Å²) < 4.78 is 0. The topological polar surface area (TPSA) is 86.6 Å². The fourth-order valence-electron chi connectivity index (χ4n) is 4.02. The molecular weight excluding hydrogens is 402 g/mol. The van der Waals surface area contributed by atoms with E-state index in [4.69, 9.17) is 4.99 Å². The molecule has 1 N–H and O–H groups in total. The number of amides is 2. The number of carbonyl (C=O) groups excluding carboxylic acids is 1. The van der Waals surface area contributed by atoms with E-state index in [0.29, 0.717) is 11.2 Å². The number of aryl methyl sites for hydroxylation is 1. The minimum Gasteiger partial charge on any atom is -0.375 e. The lowest BCUT2D eigenvalue weighted by Crippen LogP contribution is -2.43. The van der Waals surface area contributed by atoms with Crippen LogP contribution in [-0.4, -0.2) is 56.3 Å². The van der Waals surface area contributed by atoms with Gasteiger partial charge in [-0.2, -0.15) is 0 Å². The Morgan fingerprint density at radius 1 is 1.12 bits per heavy atom. The number of urea groups is 1. The lowest BCUT2D eigenvalue weighted by Gasteiger charge is -2.25. The molecule has 5 rings (SSSR count).